The Bertz CT molecular complexity index is 668. The van der Waals surface area contributed by atoms with Crippen LogP contribution >= 0.6 is 0 Å². The van der Waals surface area contributed by atoms with E-state index in [1.165, 1.54) is 13.3 Å². The number of hydrogen-bond acceptors (Lipinski definition) is 6. The predicted octanol–water partition coefficient (Wildman–Crippen LogP) is 3.72. The van der Waals surface area contributed by atoms with Crippen molar-refractivity contribution < 1.29 is 24.1 Å². The van der Waals surface area contributed by atoms with Gasteiger partial charge >= 0.3 is 0 Å². The highest BCUT2D eigenvalue weighted by molar-refractivity contribution is 5.80. The highest BCUT2D eigenvalue weighted by atomic mass is 16.5. The SMILES string of the molecule is COc1cc(CCCO)c(OC(C)C(C)=O)cc1OCCCN1CC(C)CC(C)C1. The molecule has 0 saturated carbocycles. The summed E-state index contributed by atoms with van der Waals surface area (Å²) in [6.07, 6.45) is 2.96. The molecule has 30 heavy (non-hydrogen) atoms. The van der Waals surface area contributed by atoms with Crippen molar-refractivity contribution in [3.63, 3.8) is 0 Å². The molecular weight excluding hydrogens is 382 g/mol. The number of Topliss-reactive ketones (excluding diaryl/α,β-unsaturated/α-hetero) is 1. The molecule has 0 aliphatic carbocycles. The number of piperidine rings is 1. The second-order valence-electron chi connectivity index (χ2n) is 8.72. The molecule has 0 spiro atoms. The van der Waals surface area contributed by atoms with E-state index in [-0.39, 0.29) is 12.4 Å². The first-order chi connectivity index (χ1) is 14.3. The molecule has 1 saturated heterocycles. The van der Waals surface area contributed by atoms with Crippen molar-refractivity contribution in [2.45, 2.75) is 59.5 Å². The van der Waals surface area contributed by atoms with Gasteiger partial charge in [-0.25, -0.2) is 0 Å². The van der Waals surface area contributed by atoms with Crippen molar-refractivity contribution in [2.75, 3.05) is 40.0 Å². The van der Waals surface area contributed by atoms with Crippen LogP contribution in [0.15, 0.2) is 12.1 Å². The van der Waals surface area contributed by atoms with Crippen LogP contribution in [-0.2, 0) is 11.2 Å². The van der Waals surface area contributed by atoms with Gasteiger partial charge in [-0.2, -0.15) is 0 Å². The molecule has 0 aromatic heterocycles. The molecule has 2 rings (SSSR count). The molecule has 1 aromatic rings. The molecule has 3 atom stereocenters. The van der Waals surface area contributed by atoms with Crippen molar-refractivity contribution in [2.24, 2.45) is 11.8 Å². The summed E-state index contributed by atoms with van der Waals surface area (Å²) in [4.78, 5) is 14.2. The highest BCUT2D eigenvalue weighted by Gasteiger charge is 2.21. The predicted molar refractivity (Wildman–Crippen MR) is 119 cm³/mol. The van der Waals surface area contributed by atoms with Crippen LogP contribution in [0, 0.1) is 11.8 Å². The van der Waals surface area contributed by atoms with E-state index in [4.69, 9.17) is 14.2 Å². The van der Waals surface area contributed by atoms with Gasteiger partial charge in [0.1, 0.15) is 5.75 Å². The number of carbonyl (C=O) groups is 1. The number of carbonyl (C=O) groups excluding carboxylic acids is 1. The van der Waals surface area contributed by atoms with Gasteiger partial charge in [0.2, 0.25) is 0 Å². The number of aryl methyl sites for hydroxylation is 1. The zero-order valence-electron chi connectivity index (χ0n) is 19.3. The second-order valence-corrected chi connectivity index (χ2v) is 8.72. The number of methoxy groups -OCH3 is 1. The maximum absolute atomic E-state index is 11.7. The molecular formula is C24H39NO5. The molecule has 6 nitrogen and oxygen atoms in total. The molecule has 1 aliphatic heterocycles. The van der Waals surface area contributed by atoms with Gasteiger partial charge in [0.15, 0.2) is 23.4 Å². The van der Waals surface area contributed by atoms with Crippen LogP contribution in [0.5, 0.6) is 17.2 Å². The van der Waals surface area contributed by atoms with E-state index in [1.807, 2.05) is 12.1 Å². The first-order valence-electron chi connectivity index (χ1n) is 11.2. The molecule has 1 N–H and O–H groups in total. The van der Waals surface area contributed by atoms with Gasteiger partial charge in [-0.05, 0) is 63.0 Å². The topological polar surface area (TPSA) is 68.2 Å². The van der Waals surface area contributed by atoms with Gasteiger partial charge in [0.25, 0.3) is 0 Å². The molecule has 1 aromatic carbocycles. The second kappa shape index (κ2) is 12.2. The number of ketones is 1. The number of ether oxygens (including phenoxy) is 3. The van der Waals surface area contributed by atoms with E-state index in [9.17, 15) is 9.90 Å². The summed E-state index contributed by atoms with van der Waals surface area (Å²) in [6.45, 7) is 11.9. The lowest BCUT2D eigenvalue weighted by molar-refractivity contribution is -0.122. The monoisotopic (exact) mass is 421 g/mol. The first-order valence-corrected chi connectivity index (χ1v) is 11.2. The summed E-state index contributed by atoms with van der Waals surface area (Å²) in [5.41, 5.74) is 0.901. The van der Waals surface area contributed by atoms with E-state index < -0.39 is 6.10 Å². The number of benzene rings is 1. The van der Waals surface area contributed by atoms with Crippen LogP contribution in [0.4, 0.5) is 0 Å². The summed E-state index contributed by atoms with van der Waals surface area (Å²) >= 11 is 0. The fourth-order valence-electron chi connectivity index (χ4n) is 4.15. The summed E-state index contributed by atoms with van der Waals surface area (Å²) in [5, 5.41) is 9.20. The Kier molecular flexibility index (Phi) is 9.92. The third-order valence-corrected chi connectivity index (χ3v) is 5.65. The highest BCUT2D eigenvalue weighted by Crippen LogP contribution is 2.36. The molecule has 0 bridgehead atoms. The molecule has 3 unspecified atom stereocenters. The Hall–Kier alpha value is -1.79. The van der Waals surface area contributed by atoms with Crippen molar-refractivity contribution in [3.8, 4) is 17.2 Å². The number of nitrogens with zero attached hydrogens (tertiary/aromatic N) is 1. The molecule has 6 heteroatoms. The third-order valence-electron chi connectivity index (χ3n) is 5.65. The van der Waals surface area contributed by atoms with Crippen LogP contribution in [0.25, 0.3) is 0 Å². The van der Waals surface area contributed by atoms with E-state index in [2.05, 4.69) is 18.7 Å². The van der Waals surface area contributed by atoms with Gasteiger partial charge in [0.05, 0.1) is 13.7 Å². The number of likely N-dealkylation sites (tertiary alicyclic amines) is 1. The average Bonchev–Trinajstić information content (AvgIpc) is 2.69. The summed E-state index contributed by atoms with van der Waals surface area (Å²) in [5.74, 6) is 3.35. The lowest BCUT2D eigenvalue weighted by Crippen LogP contribution is -2.39. The van der Waals surface area contributed by atoms with Crippen LogP contribution in [0.2, 0.25) is 0 Å². The van der Waals surface area contributed by atoms with Crippen molar-refractivity contribution in [1.82, 2.24) is 4.90 Å². The fourth-order valence-corrected chi connectivity index (χ4v) is 4.15. The molecule has 0 radical (unpaired) electrons. The van der Waals surface area contributed by atoms with Crippen LogP contribution in [0.3, 0.4) is 0 Å². The Balaban J connectivity index is 2.03. The van der Waals surface area contributed by atoms with Gasteiger partial charge in [-0.15, -0.1) is 0 Å². The number of rotatable bonds is 12. The maximum atomic E-state index is 11.7. The van der Waals surface area contributed by atoms with Gasteiger partial charge in [-0.1, -0.05) is 13.8 Å². The van der Waals surface area contributed by atoms with Gasteiger partial charge in [-0.3, -0.25) is 4.79 Å². The van der Waals surface area contributed by atoms with Gasteiger partial charge in [0, 0.05) is 32.3 Å². The number of hydrogen-bond donors (Lipinski definition) is 1. The number of aliphatic hydroxyl groups is 1. The Morgan fingerprint density at radius 2 is 1.87 bits per heavy atom. The lowest BCUT2D eigenvalue weighted by atomic mass is 9.92. The van der Waals surface area contributed by atoms with Crippen LogP contribution in [-0.4, -0.2) is 61.9 Å². The minimum absolute atomic E-state index is 0.0358. The fraction of sp³-hybridized carbons (Fsp3) is 0.708. The van der Waals surface area contributed by atoms with E-state index in [0.717, 1.165) is 43.5 Å². The Morgan fingerprint density at radius 3 is 2.47 bits per heavy atom. The zero-order chi connectivity index (χ0) is 22.1. The largest absolute Gasteiger partial charge is 0.493 e. The smallest absolute Gasteiger partial charge is 0.169 e. The summed E-state index contributed by atoms with van der Waals surface area (Å²) in [6, 6.07) is 3.71. The van der Waals surface area contributed by atoms with Crippen molar-refractivity contribution >= 4 is 5.78 Å². The Labute approximate surface area is 181 Å². The van der Waals surface area contributed by atoms with E-state index >= 15 is 0 Å². The standard InChI is InChI=1S/C24H39NO5/c1-17-12-18(2)16-25(15-17)9-7-11-29-24-14-22(30-20(4)19(3)27)21(8-6-10-26)13-23(24)28-5/h13-14,17-18,20,26H,6-12,15-16H2,1-5H3. The minimum atomic E-state index is -0.540. The Morgan fingerprint density at radius 1 is 1.17 bits per heavy atom. The molecule has 1 aliphatic rings. The average molecular weight is 422 g/mol. The van der Waals surface area contributed by atoms with E-state index in [0.29, 0.717) is 36.7 Å². The third kappa shape index (κ3) is 7.47. The van der Waals surface area contributed by atoms with Crippen molar-refractivity contribution in [3.05, 3.63) is 17.7 Å². The summed E-state index contributed by atoms with van der Waals surface area (Å²) < 4.78 is 17.5. The first kappa shape index (κ1) is 24.5. The molecule has 170 valence electrons. The van der Waals surface area contributed by atoms with E-state index in [1.54, 1.807) is 14.0 Å². The quantitative estimate of drug-likeness (QED) is 0.519. The van der Waals surface area contributed by atoms with Crippen LogP contribution < -0.4 is 14.2 Å². The molecule has 1 heterocycles. The lowest BCUT2D eigenvalue weighted by Gasteiger charge is -2.34. The molecule has 1 fully saturated rings. The normalized spacial score (nSPS) is 20.6. The van der Waals surface area contributed by atoms with Gasteiger partial charge < -0.3 is 24.2 Å². The van der Waals surface area contributed by atoms with Crippen LogP contribution in [0.1, 0.15) is 52.5 Å². The zero-order valence-corrected chi connectivity index (χ0v) is 19.3. The minimum Gasteiger partial charge on any atom is -0.493 e. The summed E-state index contributed by atoms with van der Waals surface area (Å²) in [7, 11) is 1.62. The molecule has 0 amide bonds. The number of aliphatic hydroxyl groups excluding tert-OH is 1. The van der Waals surface area contributed by atoms with Crippen molar-refractivity contribution in [1.29, 1.82) is 0 Å². The maximum Gasteiger partial charge on any atom is 0.169 e.